The van der Waals surface area contributed by atoms with Crippen molar-refractivity contribution in [1.82, 2.24) is 14.9 Å². The van der Waals surface area contributed by atoms with Crippen molar-refractivity contribution in [3.63, 3.8) is 0 Å². The summed E-state index contributed by atoms with van der Waals surface area (Å²) in [4.78, 5) is 12.7. The number of ether oxygens (including phenoxy) is 1. The van der Waals surface area contributed by atoms with Gasteiger partial charge in [-0.25, -0.2) is 13.3 Å². The quantitative estimate of drug-likeness (QED) is 0.586. The van der Waals surface area contributed by atoms with Crippen LogP contribution in [0.15, 0.2) is 36.5 Å². The van der Waals surface area contributed by atoms with E-state index in [0.29, 0.717) is 17.6 Å². The third kappa shape index (κ3) is 4.76. The molecule has 3 rings (SSSR count). The summed E-state index contributed by atoms with van der Waals surface area (Å²) in [5, 5.41) is 7.09. The van der Waals surface area contributed by atoms with Gasteiger partial charge >= 0.3 is 0 Å². The van der Waals surface area contributed by atoms with Gasteiger partial charge in [0.2, 0.25) is 5.88 Å². The third-order valence-corrected chi connectivity index (χ3v) is 4.88. The molecule has 1 unspecified atom stereocenters. The van der Waals surface area contributed by atoms with Crippen LogP contribution in [-0.2, 0) is 6.61 Å². The van der Waals surface area contributed by atoms with E-state index in [2.05, 4.69) is 10.4 Å². The van der Waals surface area contributed by atoms with E-state index in [9.17, 15) is 13.6 Å². The van der Waals surface area contributed by atoms with Crippen LogP contribution in [0.1, 0.15) is 48.2 Å². The fourth-order valence-electron chi connectivity index (χ4n) is 3.32. The van der Waals surface area contributed by atoms with Crippen LogP contribution < -0.4 is 15.8 Å². The summed E-state index contributed by atoms with van der Waals surface area (Å²) in [6, 6.07) is 7.14. The molecule has 0 fully saturated rings. The van der Waals surface area contributed by atoms with Gasteiger partial charge in [0.25, 0.3) is 5.91 Å². The van der Waals surface area contributed by atoms with Gasteiger partial charge in [0, 0.05) is 18.2 Å². The maximum absolute atomic E-state index is 13.9. The summed E-state index contributed by atoms with van der Waals surface area (Å²) in [6.07, 6.45) is 3.14. The average Bonchev–Trinajstić information content (AvgIpc) is 3.09. The van der Waals surface area contributed by atoms with Gasteiger partial charge in [-0.15, -0.1) is 0 Å². The molecular weight excluding hydrogens is 390 g/mol. The Bertz CT molecular complexity index is 1040. The number of benzene rings is 1. The van der Waals surface area contributed by atoms with E-state index in [0.717, 1.165) is 18.4 Å². The molecule has 160 valence electrons. The number of hydrogen-bond acceptors (Lipinski definition) is 4. The Hall–Kier alpha value is -3.00. The average molecular weight is 416 g/mol. The molecule has 3 N–H and O–H groups in total. The summed E-state index contributed by atoms with van der Waals surface area (Å²) in [7, 11) is 0. The van der Waals surface area contributed by atoms with E-state index in [4.69, 9.17) is 10.5 Å². The lowest BCUT2D eigenvalue weighted by Gasteiger charge is -2.24. The molecular formula is C22H26F2N4O2. The SMILES string of the molecule is CCCC(C)(N)CNC(=O)c1cnn2c(OCc3c(F)cccc3F)cc(C)cc12. The molecule has 30 heavy (non-hydrogen) atoms. The molecule has 2 heterocycles. The molecule has 0 saturated carbocycles. The molecule has 1 amide bonds. The van der Waals surface area contributed by atoms with Gasteiger partial charge in [-0.3, -0.25) is 4.79 Å². The number of fused-ring (bicyclic) bond motifs is 1. The van der Waals surface area contributed by atoms with Crippen LogP contribution in [0.2, 0.25) is 0 Å². The first-order chi connectivity index (χ1) is 14.2. The highest BCUT2D eigenvalue weighted by Gasteiger charge is 2.21. The zero-order valence-electron chi connectivity index (χ0n) is 17.3. The fourth-order valence-corrected chi connectivity index (χ4v) is 3.32. The van der Waals surface area contributed by atoms with Crippen molar-refractivity contribution in [3.8, 4) is 5.88 Å². The fraction of sp³-hybridized carbons (Fsp3) is 0.364. The summed E-state index contributed by atoms with van der Waals surface area (Å²) in [5.41, 5.74) is 7.24. The predicted octanol–water partition coefficient (Wildman–Crippen LogP) is 3.75. The molecule has 8 heteroatoms. The second-order valence-corrected chi connectivity index (χ2v) is 7.80. The summed E-state index contributed by atoms with van der Waals surface area (Å²) in [5.74, 6) is -1.39. The first-order valence-electron chi connectivity index (χ1n) is 9.83. The van der Waals surface area contributed by atoms with Gasteiger partial charge in [0.15, 0.2) is 0 Å². The molecule has 0 spiro atoms. The Morgan fingerprint density at radius 3 is 2.67 bits per heavy atom. The van der Waals surface area contributed by atoms with Gasteiger partial charge in [0.1, 0.15) is 18.2 Å². The van der Waals surface area contributed by atoms with Crippen LogP contribution in [-0.4, -0.2) is 27.6 Å². The summed E-state index contributed by atoms with van der Waals surface area (Å²) in [6.45, 7) is 5.80. The number of aryl methyl sites for hydroxylation is 1. The lowest BCUT2D eigenvalue weighted by Crippen LogP contribution is -2.47. The van der Waals surface area contributed by atoms with E-state index in [-0.39, 0.29) is 24.0 Å². The number of carbonyl (C=O) groups excluding carboxylic acids is 1. The highest BCUT2D eigenvalue weighted by Crippen LogP contribution is 2.23. The van der Waals surface area contributed by atoms with Crippen molar-refractivity contribution in [2.75, 3.05) is 6.54 Å². The molecule has 6 nitrogen and oxygen atoms in total. The largest absolute Gasteiger partial charge is 0.473 e. The van der Waals surface area contributed by atoms with Crippen LogP contribution in [0.4, 0.5) is 8.78 Å². The predicted molar refractivity (Wildman–Crippen MR) is 110 cm³/mol. The highest BCUT2D eigenvalue weighted by atomic mass is 19.1. The number of rotatable bonds is 8. The second kappa shape index (κ2) is 8.79. The minimum absolute atomic E-state index is 0.171. The molecule has 1 aromatic carbocycles. The number of nitrogens with two attached hydrogens (primary N) is 1. The molecule has 0 radical (unpaired) electrons. The number of hydrogen-bond donors (Lipinski definition) is 2. The maximum Gasteiger partial charge on any atom is 0.255 e. The standard InChI is InChI=1S/C22H26F2N4O2/c1-4-8-22(3,25)13-26-21(29)15-11-27-28-19(15)9-14(2)10-20(28)30-12-16-17(23)6-5-7-18(16)24/h5-7,9-11H,4,8,12-13,25H2,1-3H3,(H,26,29). The van der Waals surface area contributed by atoms with Crippen molar-refractivity contribution in [3.05, 3.63) is 64.9 Å². The number of pyridine rings is 1. The zero-order valence-corrected chi connectivity index (χ0v) is 17.3. The van der Waals surface area contributed by atoms with Crippen molar-refractivity contribution >= 4 is 11.4 Å². The number of halogens is 2. The zero-order chi connectivity index (χ0) is 21.9. The van der Waals surface area contributed by atoms with Gasteiger partial charge in [-0.05, 0) is 44.0 Å². The Morgan fingerprint density at radius 2 is 2.00 bits per heavy atom. The molecule has 0 saturated heterocycles. The van der Waals surface area contributed by atoms with Gasteiger partial charge < -0.3 is 15.8 Å². The van der Waals surface area contributed by atoms with E-state index < -0.39 is 17.2 Å². The van der Waals surface area contributed by atoms with Crippen LogP contribution in [0.25, 0.3) is 5.52 Å². The molecule has 0 aliphatic carbocycles. The monoisotopic (exact) mass is 416 g/mol. The van der Waals surface area contributed by atoms with Crippen molar-refractivity contribution < 1.29 is 18.3 Å². The van der Waals surface area contributed by atoms with E-state index in [1.807, 2.05) is 20.8 Å². The molecule has 0 aliphatic rings. The van der Waals surface area contributed by atoms with Crippen LogP contribution >= 0.6 is 0 Å². The summed E-state index contributed by atoms with van der Waals surface area (Å²) >= 11 is 0. The van der Waals surface area contributed by atoms with Crippen LogP contribution in [0.5, 0.6) is 5.88 Å². The van der Waals surface area contributed by atoms with Crippen molar-refractivity contribution in [2.45, 2.75) is 45.8 Å². The van der Waals surface area contributed by atoms with Crippen LogP contribution in [0, 0.1) is 18.6 Å². The number of carbonyl (C=O) groups is 1. The van der Waals surface area contributed by atoms with Gasteiger partial charge in [0.05, 0.1) is 22.8 Å². The molecule has 0 aliphatic heterocycles. The van der Waals surface area contributed by atoms with Crippen molar-refractivity contribution in [2.24, 2.45) is 5.73 Å². The Balaban J connectivity index is 1.83. The van der Waals surface area contributed by atoms with E-state index in [1.54, 1.807) is 12.1 Å². The first kappa shape index (κ1) is 21.7. The van der Waals surface area contributed by atoms with E-state index in [1.165, 1.54) is 28.9 Å². The normalized spacial score (nSPS) is 13.3. The smallest absolute Gasteiger partial charge is 0.255 e. The number of nitrogens with zero attached hydrogens (tertiary/aromatic N) is 2. The van der Waals surface area contributed by atoms with Gasteiger partial charge in [-0.1, -0.05) is 19.4 Å². The lowest BCUT2D eigenvalue weighted by atomic mass is 9.97. The lowest BCUT2D eigenvalue weighted by molar-refractivity contribution is 0.0945. The minimum atomic E-state index is -0.684. The molecule has 2 aromatic heterocycles. The maximum atomic E-state index is 13.9. The third-order valence-electron chi connectivity index (χ3n) is 4.88. The first-order valence-corrected chi connectivity index (χ1v) is 9.83. The van der Waals surface area contributed by atoms with Crippen LogP contribution in [0.3, 0.4) is 0 Å². The minimum Gasteiger partial charge on any atom is -0.473 e. The Kier molecular flexibility index (Phi) is 6.36. The Morgan fingerprint density at radius 1 is 1.30 bits per heavy atom. The van der Waals surface area contributed by atoms with E-state index >= 15 is 0 Å². The summed E-state index contributed by atoms with van der Waals surface area (Å²) < 4.78 is 34.9. The topological polar surface area (TPSA) is 81.6 Å². The molecule has 3 aromatic rings. The Labute approximate surface area is 174 Å². The van der Waals surface area contributed by atoms with Crippen molar-refractivity contribution in [1.29, 1.82) is 0 Å². The molecule has 1 atom stereocenters. The highest BCUT2D eigenvalue weighted by molar-refractivity contribution is 6.00. The number of nitrogens with one attached hydrogen (secondary N) is 1. The molecule has 0 bridgehead atoms. The number of aromatic nitrogens is 2. The van der Waals surface area contributed by atoms with Gasteiger partial charge in [-0.2, -0.15) is 5.10 Å². The second-order valence-electron chi connectivity index (χ2n) is 7.80. The number of amides is 1.